The van der Waals surface area contributed by atoms with Crippen LogP contribution in [0, 0.1) is 11.3 Å². The molecule has 0 aliphatic rings. The molecule has 0 amide bonds. The van der Waals surface area contributed by atoms with E-state index >= 15 is 0 Å². The van der Waals surface area contributed by atoms with Crippen molar-refractivity contribution in [2.24, 2.45) is 0 Å². The molecule has 1 unspecified atom stereocenters. The normalized spacial score (nSPS) is 13.4. The van der Waals surface area contributed by atoms with Crippen LogP contribution in [0.4, 0.5) is 0 Å². The van der Waals surface area contributed by atoms with E-state index in [1.54, 1.807) is 6.92 Å². The first-order valence-corrected chi connectivity index (χ1v) is 10.2. The van der Waals surface area contributed by atoms with Gasteiger partial charge >= 0.3 is 5.97 Å². The highest BCUT2D eigenvalue weighted by atomic mass is 28.4. The van der Waals surface area contributed by atoms with Crippen molar-refractivity contribution < 1.29 is 18.8 Å². The Morgan fingerprint density at radius 1 is 1.29 bits per heavy atom. The lowest BCUT2D eigenvalue weighted by Gasteiger charge is -2.38. The third-order valence-electron chi connectivity index (χ3n) is 3.69. The summed E-state index contributed by atoms with van der Waals surface area (Å²) in [6.07, 6.45) is -0.464. The molecule has 0 aromatic carbocycles. The zero-order valence-corrected chi connectivity index (χ0v) is 15.0. The largest absolute Gasteiger partial charge is 0.466 e. The van der Waals surface area contributed by atoms with Gasteiger partial charge in [-0.15, -0.1) is 0 Å². The number of nitrogens with zero attached hydrogens (tertiary/aromatic N) is 1. The van der Waals surface area contributed by atoms with E-state index < -0.39 is 20.4 Å². The molecule has 6 heteroatoms. The second-order valence-corrected chi connectivity index (χ2v) is 11.3. The van der Waals surface area contributed by atoms with E-state index in [0.29, 0.717) is 0 Å². The average molecular weight is 313 g/mol. The first-order valence-electron chi connectivity index (χ1n) is 7.25. The zero-order chi connectivity index (χ0) is 16.7. The van der Waals surface area contributed by atoms with Gasteiger partial charge in [-0.3, -0.25) is 9.59 Å². The van der Waals surface area contributed by atoms with E-state index in [1.165, 1.54) is 0 Å². The summed E-state index contributed by atoms with van der Waals surface area (Å²) in [5.41, 5.74) is 0. The Morgan fingerprint density at radius 2 is 1.86 bits per heavy atom. The molecule has 0 saturated carbocycles. The minimum absolute atomic E-state index is 0.00486. The number of ether oxygens (including phenoxy) is 1. The number of ketones is 1. The van der Waals surface area contributed by atoms with Crippen LogP contribution >= 0.6 is 0 Å². The van der Waals surface area contributed by atoms with Gasteiger partial charge in [-0.05, 0) is 25.1 Å². The van der Waals surface area contributed by atoms with Crippen LogP contribution in [-0.2, 0) is 18.8 Å². The number of rotatable bonds is 8. The van der Waals surface area contributed by atoms with Crippen LogP contribution in [0.5, 0.6) is 0 Å². The third kappa shape index (κ3) is 7.39. The van der Waals surface area contributed by atoms with E-state index in [0.717, 1.165) is 0 Å². The maximum absolute atomic E-state index is 11.9. The average Bonchev–Trinajstić information content (AvgIpc) is 2.26. The van der Waals surface area contributed by atoms with Crippen molar-refractivity contribution in [3.05, 3.63) is 0 Å². The minimum Gasteiger partial charge on any atom is -0.466 e. The number of hydrogen-bond donors (Lipinski definition) is 0. The molecular weight excluding hydrogens is 286 g/mol. The SMILES string of the molecule is CCOC(=O)CC(=O)CC(CC#N)O[Si](C)(C)C(C)(C)C. The van der Waals surface area contributed by atoms with Crippen LogP contribution in [-0.4, -0.2) is 32.8 Å². The summed E-state index contributed by atoms with van der Waals surface area (Å²) in [4.78, 5) is 23.2. The molecular formula is C15H27NO4Si. The second-order valence-electron chi connectivity index (χ2n) is 6.59. The smallest absolute Gasteiger partial charge is 0.313 e. The van der Waals surface area contributed by atoms with E-state index in [2.05, 4.69) is 39.9 Å². The molecule has 0 heterocycles. The van der Waals surface area contributed by atoms with E-state index in [-0.39, 0.29) is 36.7 Å². The molecule has 0 aliphatic heterocycles. The van der Waals surface area contributed by atoms with Crippen molar-refractivity contribution in [3.8, 4) is 6.07 Å². The minimum atomic E-state index is -2.05. The lowest BCUT2D eigenvalue weighted by atomic mass is 10.1. The van der Waals surface area contributed by atoms with Gasteiger partial charge in [0.05, 0.1) is 25.2 Å². The molecule has 0 radical (unpaired) electrons. The Bertz CT molecular complexity index is 407. The molecule has 0 bridgehead atoms. The Hall–Kier alpha value is -1.19. The highest BCUT2D eigenvalue weighted by Crippen LogP contribution is 2.38. The van der Waals surface area contributed by atoms with Crippen molar-refractivity contribution in [2.45, 2.75) is 71.2 Å². The number of carbonyl (C=O) groups excluding carboxylic acids is 2. The molecule has 21 heavy (non-hydrogen) atoms. The maximum Gasteiger partial charge on any atom is 0.313 e. The highest BCUT2D eigenvalue weighted by Gasteiger charge is 2.39. The highest BCUT2D eigenvalue weighted by molar-refractivity contribution is 6.74. The van der Waals surface area contributed by atoms with E-state index in [1.807, 2.05) is 0 Å². The lowest BCUT2D eigenvalue weighted by molar-refractivity contribution is -0.145. The Labute approximate surface area is 128 Å². The van der Waals surface area contributed by atoms with Crippen LogP contribution in [0.1, 0.15) is 47.0 Å². The van der Waals surface area contributed by atoms with Gasteiger partial charge in [-0.25, -0.2) is 0 Å². The number of nitriles is 1. The van der Waals surface area contributed by atoms with Gasteiger partial charge in [0.25, 0.3) is 0 Å². The standard InChI is InChI=1S/C15H27NO4Si/c1-7-19-14(18)11-12(17)10-13(8-9-16)20-21(5,6)15(2,3)4/h13H,7-8,10-11H2,1-6H3. The molecule has 0 rings (SSSR count). The molecule has 0 saturated heterocycles. The van der Waals surface area contributed by atoms with Gasteiger partial charge in [0.15, 0.2) is 8.32 Å². The van der Waals surface area contributed by atoms with Gasteiger partial charge in [0.1, 0.15) is 12.2 Å². The molecule has 0 spiro atoms. The third-order valence-corrected chi connectivity index (χ3v) is 8.22. The van der Waals surface area contributed by atoms with Crippen LogP contribution in [0.3, 0.4) is 0 Å². The quantitative estimate of drug-likeness (QED) is 0.391. The summed E-state index contributed by atoms with van der Waals surface area (Å²) in [5.74, 6) is -0.766. The lowest BCUT2D eigenvalue weighted by Crippen LogP contribution is -2.44. The molecule has 0 N–H and O–H groups in total. The first kappa shape index (κ1) is 19.8. The topological polar surface area (TPSA) is 76.4 Å². The molecule has 5 nitrogen and oxygen atoms in total. The molecule has 0 aliphatic carbocycles. The van der Waals surface area contributed by atoms with Gasteiger partial charge in [0, 0.05) is 6.42 Å². The summed E-state index contributed by atoms with van der Waals surface area (Å²) >= 11 is 0. The van der Waals surface area contributed by atoms with Crippen molar-refractivity contribution in [1.29, 1.82) is 5.26 Å². The van der Waals surface area contributed by atoms with Crippen LogP contribution < -0.4 is 0 Å². The molecule has 0 aromatic heterocycles. The Morgan fingerprint density at radius 3 is 2.29 bits per heavy atom. The van der Waals surface area contributed by atoms with Crippen LogP contribution in [0.15, 0.2) is 0 Å². The Kier molecular flexibility index (Phi) is 7.83. The fraction of sp³-hybridized carbons (Fsp3) is 0.800. The van der Waals surface area contributed by atoms with Crippen molar-refractivity contribution in [3.63, 3.8) is 0 Å². The summed E-state index contributed by atoms with van der Waals surface area (Å²) in [6.45, 7) is 12.4. The fourth-order valence-corrected chi connectivity index (χ4v) is 2.90. The van der Waals surface area contributed by atoms with Crippen LogP contribution in [0.2, 0.25) is 18.1 Å². The number of esters is 1. The number of hydrogen-bond acceptors (Lipinski definition) is 5. The molecule has 1 atom stereocenters. The van der Waals surface area contributed by atoms with Crippen molar-refractivity contribution >= 4 is 20.1 Å². The van der Waals surface area contributed by atoms with Gasteiger partial charge < -0.3 is 9.16 Å². The van der Waals surface area contributed by atoms with Crippen molar-refractivity contribution in [2.75, 3.05) is 6.61 Å². The fourth-order valence-electron chi connectivity index (χ4n) is 1.55. The number of Topliss-reactive ketones (excluding diaryl/α,β-unsaturated/α-hetero) is 1. The second kappa shape index (κ2) is 8.30. The summed E-state index contributed by atoms with van der Waals surface area (Å²) in [5, 5.41) is 8.90. The molecule has 0 aromatic rings. The molecule has 120 valence electrons. The zero-order valence-electron chi connectivity index (χ0n) is 14.0. The summed E-state index contributed by atoms with van der Waals surface area (Å²) < 4.78 is 10.9. The summed E-state index contributed by atoms with van der Waals surface area (Å²) in [7, 11) is -2.05. The maximum atomic E-state index is 11.9. The van der Waals surface area contributed by atoms with Crippen LogP contribution in [0.25, 0.3) is 0 Å². The first-order chi connectivity index (χ1) is 9.53. The van der Waals surface area contributed by atoms with Crippen molar-refractivity contribution in [1.82, 2.24) is 0 Å². The monoisotopic (exact) mass is 313 g/mol. The summed E-state index contributed by atoms with van der Waals surface area (Å²) in [6, 6.07) is 2.05. The number of carbonyl (C=O) groups is 2. The molecule has 0 fully saturated rings. The van der Waals surface area contributed by atoms with E-state index in [9.17, 15) is 9.59 Å². The van der Waals surface area contributed by atoms with Gasteiger partial charge in [0.2, 0.25) is 0 Å². The van der Waals surface area contributed by atoms with Gasteiger partial charge in [-0.1, -0.05) is 20.8 Å². The predicted molar refractivity (Wildman–Crippen MR) is 83.2 cm³/mol. The van der Waals surface area contributed by atoms with E-state index in [4.69, 9.17) is 14.4 Å². The van der Waals surface area contributed by atoms with Gasteiger partial charge in [-0.2, -0.15) is 5.26 Å². The predicted octanol–water partition coefficient (Wildman–Crippen LogP) is 3.20. The Balaban J connectivity index is 4.68.